The van der Waals surface area contributed by atoms with E-state index in [1.165, 1.54) is 12.1 Å². The fourth-order valence-electron chi connectivity index (χ4n) is 4.51. The number of rotatable bonds is 10. The second-order valence-electron chi connectivity index (χ2n) is 10.2. The molecule has 0 spiro atoms. The van der Waals surface area contributed by atoms with Gasteiger partial charge in [-0.2, -0.15) is 0 Å². The number of carboxylic acids is 1. The van der Waals surface area contributed by atoms with Crippen molar-refractivity contribution in [2.45, 2.75) is 26.7 Å². The Morgan fingerprint density at radius 3 is 2.32 bits per heavy atom. The van der Waals surface area contributed by atoms with Gasteiger partial charge in [-0.25, -0.2) is 14.0 Å². The van der Waals surface area contributed by atoms with Crippen LogP contribution in [0.25, 0.3) is 11.1 Å². The molecule has 0 saturated heterocycles. The van der Waals surface area contributed by atoms with Gasteiger partial charge in [0.1, 0.15) is 11.6 Å². The van der Waals surface area contributed by atoms with Crippen LogP contribution in [0.1, 0.15) is 46.8 Å². The second-order valence-corrected chi connectivity index (χ2v) is 10.2. The van der Waals surface area contributed by atoms with E-state index in [0.29, 0.717) is 34.9 Å². The van der Waals surface area contributed by atoms with Gasteiger partial charge in [0.2, 0.25) is 0 Å². The van der Waals surface area contributed by atoms with Crippen LogP contribution >= 0.6 is 0 Å². The molecule has 0 radical (unpaired) electrons. The Kier molecular flexibility index (Phi) is 9.19. The maximum atomic E-state index is 14.4. The molecule has 0 aliphatic rings. The molecule has 0 heterocycles. The van der Waals surface area contributed by atoms with Crippen molar-refractivity contribution < 1.29 is 23.8 Å². The third-order valence-corrected chi connectivity index (χ3v) is 6.49. The Morgan fingerprint density at radius 1 is 0.976 bits per heavy atom. The summed E-state index contributed by atoms with van der Waals surface area (Å²) in [5, 5.41) is 15.6. The molecule has 4 aromatic carbocycles. The van der Waals surface area contributed by atoms with Crippen molar-refractivity contribution in [1.82, 2.24) is 0 Å². The van der Waals surface area contributed by atoms with Crippen molar-refractivity contribution in [3.63, 3.8) is 0 Å². The van der Waals surface area contributed by atoms with Crippen LogP contribution in [0.5, 0.6) is 5.75 Å². The lowest BCUT2D eigenvalue weighted by atomic mass is 9.87. The predicted octanol–water partition coefficient (Wildman–Crippen LogP) is 8.50. The normalized spacial score (nSPS) is 11.5. The monoisotopic (exact) mass is 552 g/mol. The highest BCUT2D eigenvalue weighted by Gasteiger charge is 2.24. The smallest absolute Gasteiger partial charge is 0.336 e. The molecule has 0 bridgehead atoms. The molecular formula is C34H33FN2O4. The Morgan fingerprint density at radius 2 is 1.68 bits per heavy atom. The maximum Gasteiger partial charge on any atom is 0.336 e. The molecule has 0 fully saturated rings. The number of urea groups is 1. The van der Waals surface area contributed by atoms with Crippen molar-refractivity contribution in [2.75, 3.05) is 17.2 Å². The number of hydrogen-bond donors (Lipinski definition) is 3. The highest BCUT2D eigenvalue weighted by molar-refractivity contribution is 6.02. The number of ether oxygens (including phenoxy) is 1. The highest BCUT2D eigenvalue weighted by atomic mass is 19.1. The quantitative estimate of drug-likeness (QED) is 0.172. The lowest BCUT2D eigenvalue weighted by Gasteiger charge is -2.24. The lowest BCUT2D eigenvalue weighted by molar-refractivity contribution is 0.0697. The van der Waals surface area contributed by atoms with Gasteiger partial charge in [-0.3, -0.25) is 0 Å². The molecule has 6 nitrogen and oxygen atoms in total. The molecule has 0 aromatic heterocycles. The number of carbonyl (C=O) groups is 2. The highest BCUT2D eigenvalue weighted by Crippen LogP contribution is 2.42. The minimum absolute atomic E-state index is 0.0712. The molecule has 0 aliphatic carbocycles. The number of carbonyl (C=O) groups excluding carboxylic acids is 1. The Bertz CT molecular complexity index is 1550. The van der Waals surface area contributed by atoms with Crippen molar-refractivity contribution in [2.24, 2.45) is 5.92 Å². The van der Waals surface area contributed by atoms with E-state index in [1.54, 1.807) is 30.3 Å². The molecule has 210 valence electrons. The van der Waals surface area contributed by atoms with Crippen LogP contribution < -0.4 is 15.4 Å². The lowest BCUT2D eigenvalue weighted by Crippen LogP contribution is -2.21. The van der Waals surface area contributed by atoms with Gasteiger partial charge in [0.05, 0.1) is 17.9 Å². The summed E-state index contributed by atoms with van der Waals surface area (Å²) in [5.74, 6) is -1.56. The fraction of sp³-hybridized carbons (Fsp3) is 0.176. The van der Waals surface area contributed by atoms with E-state index in [-0.39, 0.29) is 23.0 Å². The second kappa shape index (κ2) is 13.0. The molecule has 7 heteroatoms. The third kappa shape index (κ3) is 7.19. The topological polar surface area (TPSA) is 87.7 Å². The third-order valence-electron chi connectivity index (χ3n) is 6.49. The number of hydrogen-bond acceptors (Lipinski definition) is 3. The van der Waals surface area contributed by atoms with E-state index in [4.69, 9.17) is 4.74 Å². The van der Waals surface area contributed by atoms with Crippen molar-refractivity contribution in [3.05, 3.63) is 126 Å². The fourth-order valence-corrected chi connectivity index (χ4v) is 4.51. The number of allylic oxidation sites excluding steroid dienone is 1. The van der Waals surface area contributed by atoms with Crippen LogP contribution in [0.4, 0.5) is 20.6 Å². The first-order valence-electron chi connectivity index (χ1n) is 13.3. The minimum Gasteiger partial charge on any atom is -0.491 e. The minimum atomic E-state index is -1.20. The summed E-state index contributed by atoms with van der Waals surface area (Å²) < 4.78 is 20.8. The number of benzene rings is 4. The Hall–Kier alpha value is -4.91. The molecule has 41 heavy (non-hydrogen) atoms. The summed E-state index contributed by atoms with van der Waals surface area (Å²) in [4.78, 5) is 25.3. The molecule has 0 aliphatic heterocycles. The summed E-state index contributed by atoms with van der Waals surface area (Å²) >= 11 is 0. The first kappa shape index (κ1) is 29.1. The van der Waals surface area contributed by atoms with Crippen LogP contribution in [0.3, 0.4) is 0 Å². The largest absolute Gasteiger partial charge is 0.491 e. The zero-order chi connectivity index (χ0) is 29.5. The van der Waals surface area contributed by atoms with Gasteiger partial charge in [-0.05, 0) is 72.0 Å². The summed E-state index contributed by atoms with van der Waals surface area (Å²) in [6, 6.07) is 23.4. The number of halogens is 1. The number of aryl methyl sites for hydroxylation is 1. The van der Waals surface area contributed by atoms with Crippen LogP contribution in [0.15, 0.2) is 97.6 Å². The number of aromatic carboxylic acids is 1. The van der Waals surface area contributed by atoms with E-state index >= 15 is 0 Å². The SMILES string of the molecule is C=CC(c1ccccc1)c1cc(-c2cc(F)ccc2C(=O)O)cc(NC(=O)Nc2ccc(C)cc2)c1OCC(C)C. The molecule has 2 amide bonds. The number of carboxylic acid groups (broad SMARTS) is 1. The summed E-state index contributed by atoms with van der Waals surface area (Å²) in [5.41, 5.74) is 4.04. The zero-order valence-electron chi connectivity index (χ0n) is 23.3. The average molecular weight is 553 g/mol. The van der Waals surface area contributed by atoms with Gasteiger partial charge in [-0.15, -0.1) is 6.58 Å². The van der Waals surface area contributed by atoms with Gasteiger partial charge < -0.3 is 20.5 Å². The van der Waals surface area contributed by atoms with Gasteiger partial charge >= 0.3 is 12.0 Å². The van der Waals surface area contributed by atoms with E-state index < -0.39 is 17.8 Å². The van der Waals surface area contributed by atoms with Crippen LogP contribution in [-0.4, -0.2) is 23.7 Å². The molecule has 1 unspecified atom stereocenters. The van der Waals surface area contributed by atoms with Crippen molar-refractivity contribution >= 4 is 23.4 Å². The number of nitrogens with one attached hydrogen (secondary N) is 2. The summed E-state index contributed by atoms with van der Waals surface area (Å²) in [6.07, 6.45) is 1.76. The molecule has 1 atom stereocenters. The van der Waals surface area contributed by atoms with Gasteiger partial charge in [0.25, 0.3) is 0 Å². The van der Waals surface area contributed by atoms with Crippen LogP contribution in [0, 0.1) is 18.7 Å². The van der Waals surface area contributed by atoms with Gasteiger partial charge in [0, 0.05) is 17.2 Å². The van der Waals surface area contributed by atoms with Crippen LogP contribution in [0.2, 0.25) is 0 Å². The van der Waals surface area contributed by atoms with E-state index in [0.717, 1.165) is 17.2 Å². The maximum absolute atomic E-state index is 14.4. The molecular weight excluding hydrogens is 519 g/mol. The van der Waals surface area contributed by atoms with E-state index in [9.17, 15) is 19.1 Å². The first-order valence-corrected chi connectivity index (χ1v) is 13.3. The number of amides is 2. The van der Waals surface area contributed by atoms with Gasteiger partial charge in [-0.1, -0.05) is 68.0 Å². The summed E-state index contributed by atoms with van der Waals surface area (Å²) in [6.45, 7) is 10.4. The van der Waals surface area contributed by atoms with E-state index in [2.05, 4.69) is 17.2 Å². The average Bonchev–Trinajstić information content (AvgIpc) is 2.94. The van der Waals surface area contributed by atoms with Crippen molar-refractivity contribution in [3.8, 4) is 16.9 Å². The summed E-state index contributed by atoms with van der Waals surface area (Å²) in [7, 11) is 0. The molecule has 3 N–H and O–H groups in total. The predicted molar refractivity (Wildman–Crippen MR) is 161 cm³/mol. The standard InChI is InChI=1S/C34H33FN2O4/c1-5-27(23-9-7-6-8-10-23)30-17-24(29-19-25(35)13-16-28(29)33(38)39)18-31(32(30)41-20-21(2)3)37-34(40)36-26-14-11-22(4)12-15-26/h5-19,21,27H,1,20H2,2-4H3,(H,38,39)(H2,36,37,40). The Balaban J connectivity index is 1.92. The van der Waals surface area contributed by atoms with Gasteiger partial charge in [0.15, 0.2) is 0 Å². The number of anilines is 2. The molecule has 4 rings (SSSR count). The first-order chi connectivity index (χ1) is 19.7. The van der Waals surface area contributed by atoms with Crippen molar-refractivity contribution in [1.29, 1.82) is 0 Å². The van der Waals surface area contributed by atoms with Crippen LogP contribution in [-0.2, 0) is 0 Å². The Labute approximate surface area is 239 Å². The molecule has 0 saturated carbocycles. The van der Waals surface area contributed by atoms with E-state index in [1.807, 2.05) is 63.2 Å². The zero-order valence-corrected chi connectivity index (χ0v) is 23.3. The molecule has 4 aromatic rings.